The van der Waals surface area contributed by atoms with Gasteiger partial charge < -0.3 is 9.73 Å². The molecule has 0 aliphatic heterocycles. The molecule has 1 heterocycles. The summed E-state index contributed by atoms with van der Waals surface area (Å²) >= 11 is 5.85. The quantitative estimate of drug-likeness (QED) is 0.731. The Morgan fingerprint density at radius 1 is 1.17 bits per heavy atom. The minimum atomic E-state index is -0.156. The lowest BCUT2D eigenvalue weighted by atomic mass is 9.97. The third-order valence-corrected chi connectivity index (χ3v) is 3.84. The average molecular weight is 343 g/mol. The first kappa shape index (κ1) is 16.5. The van der Waals surface area contributed by atoms with Gasteiger partial charge >= 0.3 is 0 Å². The number of hydrogen-bond donors (Lipinski definition) is 1. The summed E-state index contributed by atoms with van der Waals surface area (Å²) in [5, 5.41) is 3.55. The summed E-state index contributed by atoms with van der Waals surface area (Å²) in [5.74, 6) is 0.596. The molecule has 124 valence electrons. The monoisotopic (exact) mass is 342 g/mol. The van der Waals surface area contributed by atoms with Gasteiger partial charge in [0.15, 0.2) is 5.58 Å². The third kappa shape index (κ3) is 3.77. The van der Waals surface area contributed by atoms with Crippen molar-refractivity contribution in [2.75, 3.05) is 5.32 Å². The Balaban J connectivity index is 1.74. The molecule has 0 saturated carbocycles. The van der Waals surface area contributed by atoms with Gasteiger partial charge in [0.05, 0.1) is 6.42 Å². The van der Waals surface area contributed by atoms with Crippen LogP contribution < -0.4 is 5.32 Å². The molecule has 0 aliphatic rings. The molecule has 0 bridgehead atoms. The second-order valence-electron chi connectivity index (χ2n) is 6.80. The standard InChI is InChI=1S/C19H19ClN2O2/c1-19(2,3)18-22-15-11-14(8-9-16(15)24-18)21-17(23)10-12-4-6-13(20)7-5-12/h4-9,11H,10H2,1-3H3,(H,21,23). The van der Waals surface area contributed by atoms with E-state index in [4.69, 9.17) is 16.0 Å². The molecule has 24 heavy (non-hydrogen) atoms. The number of fused-ring (bicyclic) bond motifs is 1. The number of nitrogens with one attached hydrogen (secondary N) is 1. The zero-order valence-electron chi connectivity index (χ0n) is 13.9. The SMILES string of the molecule is CC(C)(C)c1nc2cc(NC(=O)Cc3ccc(Cl)cc3)ccc2o1. The van der Waals surface area contributed by atoms with Crippen molar-refractivity contribution in [1.29, 1.82) is 0 Å². The number of aromatic nitrogens is 1. The van der Waals surface area contributed by atoms with E-state index in [9.17, 15) is 4.79 Å². The fraction of sp³-hybridized carbons (Fsp3) is 0.263. The molecule has 1 N–H and O–H groups in total. The van der Waals surface area contributed by atoms with E-state index < -0.39 is 0 Å². The van der Waals surface area contributed by atoms with Crippen LogP contribution in [0.4, 0.5) is 5.69 Å². The summed E-state index contributed by atoms with van der Waals surface area (Å²) in [4.78, 5) is 16.7. The van der Waals surface area contributed by atoms with E-state index in [2.05, 4.69) is 10.3 Å². The first-order valence-electron chi connectivity index (χ1n) is 7.77. The van der Waals surface area contributed by atoms with Crippen molar-refractivity contribution in [2.45, 2.75) is 32.6 Å². The van der Waals surface area contributed by atoms with E-state index in [0.717, 1.165) is 16.7 Å². The van der Waals surface area contributed by atoms with Gasteiger partial charge in [-0.15, -0.1) is 0 Å². The second kappa shape index (κ2) is 6.29. The molecular weight excluding hydrogens is 324 g/mol. The maximum Gasteiger partial charge on any atom is 0.228 e. The lowest BCUT2D eigenvalue weighted by Gasteiger charge is -2.11. The Bertz CT molecular complexity index is 877. The highest BCUT2D eigenvalue weighted by atomic mass is 35.5. The van der Waals surface area contributed by atoms with E-state index in [1.165, 1.54) is 0 Å². The van der Waals surface area contributed by atoms with Gasteiger partial charge in [0.1, 0.15) is 5.52 Å². The van der Waals surface area contributed by atoms with Crippen molar-refractivity contribution >= 4 is 34.3 Å². The summed E-state index contributed by atoms with van der Waals surface area (Å²) in [6, 6.07) is 12.7. The highest BCUT2D eigenvalue weighted by Gasteiger charge is 2.21. The molecule has 3 aromatic rings. The molecule has 0 unspecified atom stereocenters. The molecule has 3 rings (SSSR count). The number of halogens is 1. The van der Waals surface area contributed by atoms with Gasteiger partial charge in [-0.1, -0.05) is 44.5 Å². The largest absolute Gasteiger partial charge is 0.440 e. The molecule has 1 aromatic heterocycles. The van der Waals surface area contributed by atoms with Crippen LogP contribution in [0.15, 0.2) is 46.9 Å². The van der Waals surface area contributed by atoms with Crippen molar-refractivity contribution in [2.24, 2.45) is 0 Å². The van der Waals surface area contributed by atoms with E-state index >= 15 is 0 Å². The first-order valence-corrected chi connectivity index (χ1v) is 8.14. The van der Waals surface area contributed by atoms with Crippen molar-refractivity contribution in [1.82, 2.24) is 4.98 Å². The molecule has 0 aliphatic carbocycles. The van der Waals surface area contributed by atoms with E-state index in [1.54, 1.807) is 12.1 Å². The van der Waals surface area contributed by atoms with Crippen LogP contribution in [0.3, 0.4) is 0 Å². The van der Waals surface area contributed by atoms with E-state index in [-0.39, 0.29) is 11.3 Å². The number of amides is 1. The van der Waals surface area contributed by atoms with E-state index in [1.807, 2.05) is 51.1 Å². The van der Waals surface area contributed by atoms with Crippen LogP contribution in [-0.4, -0.2) is 10.9 Å². The molecule has 0 fully saturated rings. The number of carbonyl (C=O) groups excluding carboxylic acids is 1. The van der Waals surface area contributed by atoms with Crippen LogP contribution in [0.5, 0.6) is 0 Å². The van der Waals surface area contributed by atoms with Crippen molar-refractivity contribution in [3.8, 4) is 0 Å². The van der Waals surface area contributed by atoms with Crippen molar-refractivity contribution < 1.29 is 9.21 Å². The fourth-order valence-electron chi connectivity index (χ4n) is 2.32. The Labute approximate surface area is 145 Å². The second-order valence-corrected chi connectivity index (χ2v) is 7.24. The van der Waals surface area contributed by atoms with Crippen LogP contribution in [0.1, 0.15) is 32.2 Å². The number of anilines is 1. The molecule has 0 saturated heterocycles. The summed E-state index contributed by atoms with van der Waals surface area (Å²) in [6.07, 6.45) is 0.293. The molecule has 5 heteroatoms. The van der Waals surface area contributed by atoms with Gasteiger partial charge in [0, 0.05) is 16.1 Å². The first-order chi connectivity index (χ1) is 11.3. The average Bonchev–Trinajstić information content (AvgIpc) is 2.93. The molecule has 4 nitrogen and oxygen atoms in total. The molecule has 0 radical (unpaired) electrons. The van der Waals surface area contributed by atoms with Gasteiger partial charge in [-0.3, -0.25) is 4.79 Å². The molecular formula is C19H19ClN2O2. The number of carbonyl (C=O) groups is 1. The minimum Gasteiger partial charge on any atom is -0.440 e. The molecule has 0 spiro atoms. The van der Waals surface area contributed by atoms with Gasteiger partial charge in [-0.25, -0.2) is 4.98 Å². The topological polar surface area (TPSA) is 55.1 Å². The third-order valence-electron chi connectivity index (χ3n) is 3.59. The number of oxazole rings is 1. The van der Waals surface area contributed by atoms with Crippen LogP contribution in [0, 0.1) is 0 Å². The highest BCUT2D eigenvalue weighted by molar-refractivity contribution is 6.30. The molecule has 0 atom stereocenters. The van der Waals surface area contributed by atoms with E-state index in [0.29, 0.717) is 23.0 Å². The smallest absolute Gasteiger partial charge is 0.228 e. The summed E-state index contributed by atoms with van der Waals surface area (Å²) in [6.45, 7) is 6.14. The summed E-state index contributed by atoms with van der Waals surface area (Å²) < 4.78 is 5.76. The van der Waals surface area contributed by atoms with Crippen LogP contribution in [0.2, 0.25) is 5.02 Å². The normalized spacial score (nSPS) is 11.7. The van der Waals surface area contributed by atoms with Crippen LogP contribution in [-0.2, 0) is 16.6 Å². The predicted octanol–water partition coefficient (Wildman–Crippen LogP) is 4.96. The Morgan fingerprint density at radius 3 is 2.54 bits per heavy atom. The fourth-order valence-corrected chi connectivity index (χ4v) is 2.44. The number of nitrogens with zero attached hydrogens (tertiary/aromatic N) is 1. The van der Waals surface area contributed by atoms with Crippen LogP contribution in [0.25, 0.3) is 11.1 Å². The lowest BCUT2D eigenvalue weighted by Crippen LogP contribution is -2.14. The highest BCUT2D eigenvalue weighted by Crippen LogP contribution is 2.27. The van der Waals surface area contributed by atoms with Gasteiger partial charge in [-0.2, -0.15) is 0 Å². The minimum absolute atomic E-state index is 0.0868. The Hall–Kier alpha value is -2.33. The number of rotatable bonds is 3. The summed E-state index contributed by atoms with van der Waals surface area (Å²) in [7, 11) is 0. The molecule has 1 amide bonds. The number of hydrogen-bond acceptors (Lipinski definition) is 3. The van der Waals surface area contributed by atoms with Gasteiger partial charge in [0.2, 0.25) is 11.8 Å². The lowest BCUT2D eigenvalue weighted by molar-refractivity contribution is -0.115. The van der Waals surface area contributed by atoms with Gasteiger partial charge in [-0.05, 0) is 35.9 Å². The van der Waals surface area contributed by atoms with Crippen molar-refractivity contribution in [3.05, 3.63) is 58.9 Å². The zero-order chi connectivity index (χ0) is 17.3. The maximum absolute atomic E-state index is 12.2. The maximum atomic E-state index is 12.2. The van der Waals surface area contributed by atoms with Gasteiger partial charge in [0.25, 0.3) is 0 Å². The Kier molecular flexibility index (Phi) is 4.33. The Morgan fingerprint density at radius 2 is 1.88 bits per heavy atom. The summed E-state index contributed by atoms with van der Waals surface area (Å²) in [5.41, 5.74) is 2.92. The van der Waals surface area contributed by atoms with Crippen molar-refractivity contribution in [3.63, 3.8) is 0 Å². The predicted molar refractivity (Wildman–Crippen MR) is 96.5 cm³/mol. The zero-order valence-corrected chi connectivity index (χ0v) is 14.6. The van der Waals surface area contributed by atoms with Crippen LogP contribution >= 0.6 is 11.6 Å². The molecule has 2 aromatic carbocycles. The number of benzene rings is 2.